The van der Waals surface area contributed by atoms with Gasteiger partial charge in [-0.3, -0.25) is 10.1 Å². The summed E-state index contributed by atoms with van der Waals surface area (Å²) >= 11 is 0. The van der Waals surface area contributed by atoms with Gasteiger partial charge in [0.2, 0.25) is 0 Å². The average Bonchev–Trinajstić information content (AvgIpc) is 2.19. The minimum absolute atomic E-state index is 0.0772. The van der Waals surface area contributed by atoms with Crippen molar-refractivity contribution in [3.8, 4) is 0 Å². The normalized spacial score (nSPS) is 23.6. The predicted molar refractivity (Wildman–Crippen MR) is 52.4 cm³/mol. The molecule has 0 bridgehead atoms. The Morgan fingerprint density at radius 3 is 2.40 bits per heavy atom. The quantitative estimate of drug-likeness (QED) is 0.386. The SMILES string of the molecule is O=[N+]([O-])c1ccc2c(c1)N[C@@H](O)[C@@H](O)N2. The molecule has 0 aromatic heterocycles. The zero-order chi connectivity index (χ0) is 11.0. The molecule has 15 heavy (non-hydrogen) atoms. The van der Waals surface area contributed by atoms with Crippen LogP contribution in [0.2, 0.25) is 0 Å². The predicted octanol–water partition coefficient (Wildman–Crippen LogP) is 0.0690. The smallest absolute Gasteiger partial charge is 0.271 e. The van der Waals surface area contributed by atoms with Crippen LogP contribution in [0.3, 0.4) is 0 Å². The van der Waals surface area contributed by atoms with Crippen molar-refractivity contribution < 1.29 is 15.1 Å². The third-order valence-corrected chi connectivity index (χ3v) is 2.12. The van der Waals surface area contributed by atoms with Gasteiger partial charge < -0.3 is 20.8 Å². The van der Waals surface area contributed by atoms with Crippen molar-refractivity contribution in [2.24, 2.45) is 0 Å². The van der Waals surface area contributed by atoms with E-state index in [-0.39, 0.29) is 5.69 Å². The van der Waals surface area contributed by atoms with Crippen molar-refractivity contribution in [1.29, 1.82) is 0 Å². The van der Waals surface area contributed by atoms with Gasteiger partial charge in [-0.05, 0) is 6.07 Å². The van der Waals surface area contributed by atoms with Crippen molar-refractivity contribution in [1.82, 2.24) is 0 Å². The van der Waals surface area contributed by atoms with Crippen molar-refractivity contribution in [2.75, 3.05) is 10.6 Å². The van der Waals surface area contributed by atoms with Gasteiger partial charge in [0.25, 0.3) is 5.69 Å². The molecule has 0 fully saturated rings. The van der Waals surface area contributed by atoms with E-state index in [0.29, 0.717) is 11.4 Å². The van der Waals surface area contributed by atoms with E-state index in [1.807, 2.05) is 0 Å². The highest BCUT2D eigenvalue weighted by Crippen LogP contribution is 2.30. The Kier molecular flexibility index (Phi) is 2.18. The Hall–Kier alpha value is -1.86. The van der Waals surface area contributed by atoms with Crippen LogP contribution in [0, 0.1) is 10.1 Å². The highest BCUT2D eigenvalue weighted by molar-refractivity contribution is 5.74. The fraction of sp³-hybridized carbons (Fsp3) is 0.250. The lowest BCUT2D eigenvalue weighted by atomic mass is 10.2. The van der Waals surface area contributed by atoms with E-state index in [9.17, 15) is 20.3 Å². The van der Waals surface area contributed by atoms with Crippen LogP contribution in [0.4, 0.5) is 17.1 Å². The van der Waals surface area contributed by atoms with Crippen LogP contribution in [0.25, 0.3) is 0 Å². The maximum Gasteiger partial charge on any atom is 0.271 e. The third-order valence-electron chi connectivity index (χ3n) is 2.12. The Bertz CT molecular complexity index is 409. The van der Waals surface area contributed by atoms with Crippen LogP contribution in [-0.4, -0.2) is 27.6 Å². The Balaban J connectivity index is 2.37. The number of aliphatic hydroxyl groups excluding tert-OH is 2. The van der Waals surface area contributed by atoms with Crippen molar-refractivity contribution in [3.63, 3.8) is 0 Å². The molecule has 0 saturated carbocycles. The van der Waals surface area contributed by atoms with Gasteiger partial charge >= 0.3 is 0 Å². The van der Waals surface area contributed by atoms with Gasteiger partial charge in [-0.25, -0.2) is 0 Å². The van der Waals surface area contributed by atoms with E-state index in [4.69, 9.17) is 0 Å². The highest BCUT2D eigenvalue weighted by Gasteiger charge is 2.24. The molecule has 7 heteroatoms. The number of nitrogens with zero attached hydrogens (tertiary/aromatic N) is 1. The first kappa shape index (κ1) is 9.69. The molecular formula is C8H9N3O4. The molecule has 0 saturated heterocycles. The number of nitro groups is 1. The van der Waals surface area contributed by atoms with E-state index in [0.717, 1.165) is 0 Å². The summed E-state index contributed by atoms with van der Waals surface area (Å²) in [4.78, 5) is 9.95. The van der Waals surface area contributed by atoms with Crippen LogP contribution < -0.4 is 10.6 Å². The van der Waals surface area contributed by atoms with E-state index >= 15 is 0 Å². The van der Waals surface area contributed by atoms with Gasteiger partial charge in [-0.15, -0.1) is 0 Å². The molecule has 2 rings (SSSR count). The van der Waals surface area contributed by atoms with Gasteiger partial charge in [0, 0.05) is 12.1 Å². The maximum absolute atomic E-state index is 10.5. The number of nitro benzene ring substituents is 1. The maximum atomic E-state index is 10.5. The minimum atomic E-state index is -1.18. The molecule has 0 aliphatic carbocycles. The summed E-state index contributed by atoms with van der Waals surface area (Å²) in [5.41, 5.74) is 0.826. The van der Waals surface area contributed by atoms with Gasteiger partial charge in [0.1, 0.15) is 0 Å². The average molecular weight is 211 g/mol. The van der Waals surface area contributed by atoms with Crippen LogP contribution >= 0.6 is 0 Å². The van der Waals surface area contributed by atoms with Crippen LogP contribution in [0.5, 0.6) is 0 Å². The first-order valence-corrected chi connectivity index (χ1v) is 4.25. The molecule has 1 aliphatic rings. The number of benzene rings is 1. The molecule has 7 nitrogen and oxygen atoms in total. The molecule has 0 spiro atoms. The summed E-state index contributed by atoms with van der Waals surface area (Å²) in [6.07, 6.45) is -2.31. The molecule has 1 aromatic rings. The standard InChI is InChI=1S/C8H9N3O4/c12-7-8(13)10-6-3-4(11(14)15)1-2-5(6)9-7/h1-3,7-10,12-13H/t7-,8+/m1/s1. The lowest BCUT2D eigenvalue weighted by Gasteiger charge is -2.29. The van der Waals surface area contributed by atoms with Gasteiger partial charge in [-0.1, -0.05) is 0 Å². The molecule has 80 valence electrons. The first-order valence-electron chi connectivity index (χ1n) is 4.25. The Labute approximate surface area is 84.5 Å². The van der Waals surface area contributed by atoms with Gasteiger partial charge in [-0.2, -0.15) is 0 Å². The summed E-state index contributed by atoms with van der Waals surface area (Å²) in [5.74, 6) is 0. The fourth-order valence-corrected chi connectivity index (χ4v) is 1.37. The molecule has 0 amide bonds. The Morgan fingerprint density at radius 1 is 1.20 bits per heavy atom. The lowest BCUT2D eigenvalue weighted by Crippen LogP contribution is -2.42. The van der Waals surface area contributed by atoms with E-state index < -0.39 is 17.4 Å². The number of aliphatic hydroxyl groups is 2. The lowest BCUT2D eigenvalue weighted by molar-refractivity contribution is -0.384. The van der Waals surface area contributed by atoms with Crippen molar-refractivity contribution in [3.05, 3.63) is 28.3 Å². The number of hydrogen-bond acceptors (Lipinski definition) is 6. The van der Waals surface area contributed by atoms with E-state index in [1.165, 1.54) is 18.2 Å². The molecule has 0 unspecified atom stereocenters. The number of non-ortho nitro benzene ring substituents is 1. The second-order valence-corrected chi connectivity index (χ2v) is 3.17. The fourth-order valence-electron chi connectivity index (χ4n) is 1.37. The molecule has 0 radical (unpaired) electrons. The summed E-state index contributed by atoms with van der Waals surface area (Å²) in [5, 5.41) is 34.1. The summed E-state index contributed by atoms with van der Waals surface area (Å²) < 4.78 is 0. The highest BCUT2D eigenvalue weighted by atomic mass is 16.6. The molecule has 1 heterocycles. The number of fused-ring (bicyclic) bond motifs is 1. The van der Waals surface area contributed by atoms with E-state index in [1.54, 1.807) is 0 Å². The molecule has 4 N–H and O–H groups in total. The van der Waals surface area contributed by atoms with Gasteiger partial charge in [0.05, 0.1) is 16.3 Å². The minimum Gasteiger partial charge on any atom is -0.369 e. The van der Waals surface area contributed by atoms with Crippen molar-refractivity contribution >= 4 is 17.1 Å². The zero-order valence-electron chi connectivity index (χ0n) is 7.54. The van der Waals surface area contributed by atoms with Crippen molar-refractivity contribution in [2.45, 2.75) is 12.5 Å². The van der Waals surface area contributed by atoms with Gasteiger partial charge in [0.15, 0.2) is 12.5 Å². The largest absolute Gasteiger partial charge is 0.369 e. The topological polar surface area (TPSA) is 108 Å². The summed E-state index contributed by atoms with van der Waals surface area (Å²) in [6, 6.07) is 4.07. The second kappa shape index (κ2) is 3.37. The number of rotatable bonds is 1. The van der Waals surface area contributed by atoms with Crippen LogP contribution in [0.1, 0.15) is 0 Å². The zero-order valence-corrected chi connectivity index (χ0v) is 7.54. The number of nitrogens with one attached hydrogen (secondary N) is 2. The number of anilines is 2. The third kappa shape index (κ3) is 1.69. The van der Waals surface area contributed by atoms with Crippen LogP contribution in [-0.2, 0) is 0 Å². The summed E-state index contributed by atoms with van der Waals surface area (Å²) in [7, 11) is 0. The first-order chi connectivity index (χ1) is 7.08. The van der Waals surface area contributed by atoms with Crippen LogP contribution in [0.15, 0.2) is 18.2 Å². The monoisotopic (exact) mass is 211 g/mol. The second-order valence-electron chi connectivity index (χ2n) is 3.17. The number of hydrogen-bond donors (Lipinski definition) is 4. The molecule has 1 aromatic carbocycles. The Morgan fingerprint density at radius 2 is 1.80 bits per heavy atom. The molecule has 1 aliphatic heterocycles. The molecule has 2 atom stereocenters. The molecular weight excluding hydrogens is 202 g/mol. The van der Waals surface area contributed by atoms with E-state index in [2.05, 4.69) is 10.6 Å². The summed E-state index contributed by atoms with van der Waals surface area (Å²) in [6.45, 7) is 0.